The lowest BCUT2D eigenvalue weighted by Crippen LogP contribution is -2.33. The topological polar surface area (TPSA) is 98.8 Å². The highest BCUT2D eigenvalue weighted by atomic mass is 16.2. The van der Waals surface area contributed by atoms with Crippen LogP contribution in [0.15, 0.2) is 11.1 Å². The minimum atomic E-state index is 0.00508. The molecule has 9 heteroatoms. The minimum Gasteiger partial charge on any atom is -0.342 e. The van der Waals surface area contributed by atoms with Crippen molar-refractivity contribution >= 4 is 5.91 Å². The lowest BCUT2D eigenvalue weighted by atomic mass is 10.1. The van der Waals surface area contributed by atoms with Crippen LogP contribution in [-0.4, -0.2) is 53.7 Å². The summed E-state index contributed by atoms with van der Waals surface area (Å²) in [4.78, 5) is 31.1. The monoisotopic (exact) mass is 331 g/mol. The molecule has 0 radical (unpaired) electrons. The van der Waals surface area contributed by atoms with Crippen LogP contribution in [0.4, 0.5) is 0 Å². The van der Waals surface area contributed by atoms with Crippen LogP contribution >= 0.6 is 0 Å². The zero-order valence-corrected chi connectivity index (χ0v) is 14.0. The van der Waals surface area contributed by atoms with E-state index in [2.05, 4.69) is 20.5 Å². The van der Waals surface area contributed by atoms with Crippen LogP contribution in [0, 0.1) is 6.92 Å². The summed E-state index contributed by atoms with van der Waals surface area (Å²) in [6.45, 7) is 3.62. The molecular weight excluding hydrogens is 310 g/mol. The number of nitrogens with zero attached hydrogens (tertiary/aromatic N) is 7. The van der Waals surface area contributed by atoms with Crippen molar-refractivity contribution in [1.29, 1.82) is 0 Å². The maximum Gasteiger partial charge on any atom is 0.256 e. The number of tetrazole rings is 1. The molecule has 128 valence electrons. The van der Waals surface area contributed by atoms with E-state index >= 15 is 0 Å². The largest absolute Gasteiger partial charge is 0.342 e. The van der Waals surface area contributed by atoms with Gasteiger partial charge in [-0.05, 0) is 30.2 Å². The Labute approximate surface area is 139 Å². The summed E-state index contributed by atoms with van der Waals surface area (Å²) in [5, 5.41) is 10.9. The molecule has 2 aromatic rings. The van der Waals surface area contributed by atoms with E-state index in [9.17, 15) is 9.59 Å². The van der Waals surface area contributed by atoms with Crippen molar-refractivity contribution in [2.75, 3.05) is 13.1 Å². The Kier molecular flexibility index (Phi) is 4.68. The first-order chi connectivity index (χ1) is 11.6. The van der Waals surface area contributed by atoms with Crippen LogP contribution in [0.25, 0.3) is 0 Å². The van der Waals surface area contributed by atoms with E-state index in [1.165, 1.54) is 6.33 Å². The summed E-state index contributed by atoms with van der Waals surface area (Å²) >= 11 is 0. The molecular formula is C15H21N7O2. The van der Waals surface area contributed by atoms with Crippen molar-refractivity contribution in [3.63, 3.8) is 0 Å². The highest BCUT2D eigenvalue weighted by Crippen LogP contribution is 2.12. The number of hydrogen-bond donors (Lipinski definition) is 0. The highest BCUT2D eigenvalue weighted by molar-refractivity contribution is 5.76. The Balaban J connectivity index is 1.60. The average molecular weight is 331 g/mol. The van der Waals surface area contributed by atoms with E-state index in [-0.39, 0.29) is 11.5 Å². The summed E-state index contributed by atoms with van der Waals surface area (Å²) in [5.74, 6) is 0.810. The molecule has 0 N–H and O–H groups in total. The quantitative estimate of drug-likeness (QED) is 0.748. The molecule has 1 aliphatic heterocycles. The molecule has 0 atom stereocenters. The van der Waals surface area contributed by atoms with Gasteiger partial charge in [-0.25, -0.2) is 9.67 Å². The van der Waals surface area contributed by atoms with E-state index < -0.39 is 0 Å². The van der Waals surface area contributed by atoms with Crippen LogP contribution in [0.5, 0.6) is 0 Å². The second-order valence-corrected chi connectivity index (χ2v) is 6.01. The molecule has 0 aromatic carbocycles. The molecule has 9 nitrogen and oxygen atoms in total. The zero-order chi connectivity index (χ0) is 17.1. The zero-order valence-electron chi connectivity index (χ0n) is 14.0. The fourth-order valence-corrected chi connectivity index (χ4v) is 2.95. The number of rotatable bonds is 4. The molecule has 0 aliphatic carbocycles. The SMILES string of the molecule is Cc1nc2c(c(=O)n1C)CCN(C(=O)CCCn1cnnn1)CC2. The summed E-state index contributed by atoms with van der Waals surface area (Å²) < 4.78 is 3.18. The number of aryl methyl sites for hydroxylation is 2. The lowest BCUT2D eigenvalue weighted by Gasteiger charge is -2.20. The van der Waals surface area contributed by atoms with Gasteiger partial charge in [-0.3, -0.25) is 14.2 Å². The van der Waals surface area contributed by atoms with E-state index in [1.807, 2.05) is 11.8 Å². The Bertz CT molecular complexity index is 782. The van der Waals surface area contributed by atoms with Crippen molar-refractivity contribution in [2.24, 2.45) is 7.05 Å². The minimum absolute atomic E-state index is 0.00508. The van der Waals surface area contributed by atoms with Crippen LogP contribution < -0.4 is 5.56 Å². The lowest BCUT2D eigenvalue weighted by molar-refractivity contribution is -0.131. The second kappa shape index (κ2) is 6.90. The van der Waals surface area contributed by atoms with Crippen molar-refractivity contribution in [3.8, 4) is 0 Å². The Morgan fingerprint density at radius 1 is 1.29 bits per heavy atom. The van der Waals surface area contributed by atoms with Gasteiger partial charge in [-0.2, -0.15) is 0 Å². The van der Waals surface area contributed by atoms with Gasteiger partial charge in [0.05, 0.1) is 5.69 Å². The molecule has 24 heavy (non-hydrogen) atoms. The maximum absolute atomic E-state index is 12.4. The third-order valence-corrected chi connectivity index (χ3v) is 4.47. The van der Waals surface area contributed by atoms with Gasteiger partial charge >= 0.3 is 0 Å². The first-order valence-corrected chi connectivity index (χ1v) is 8.10. The molecule has 3 rings (SSSR count). The predicted molar refractivity (Wildman–Crippen MR) is 85.3 cm³/mol. The first-order valence-electron chi connectivity index (χ1n) is 8.10. The summed E-state index contributed by atoms with van der Waals surface area (Å²) in [5.41, 5.74) is 1.58. The molecule has 3 heterocycles. The van der Waals surface area contributed by atoms with Crippen molar-refractivity contribution in [1.82, 2.24) is 34.7 Å². The van der Waals surface area contributed by atoms with Gasteiger partial charge in [-0.1, -0.05) is 0 Å². The fraction of sp³-hybridized carbons (Fsp3) is 0.600. The van der Waals surface area contributed by atoms with Crippen molar-refractivity contribution < 1.29 is 4.79 Å². The Hall–Kier alpha value is -2.58. The van der Waals surface area contributed by atoms with Crippen molar-refractivity contribution in [2.45, 2.75) is 39.2 Å². The van der Waals surface area contributed by atoms with E-state index in [0.29, 0.717) is 51.1 Å². The molecule has 0 saturated carbocycles. The van der Waals surface area contributed by atoms with Gasteiger partial charge in [-0.15, -0.1) is 5.10 Å². The standard InChI is InChI=1S/C15H21N7O2/c1-11-17-13-6-9-21(8-5-12(13)15(24)20(11)2)14(23)4-3-7-22-10-16-18-19-22/h10H,3-9H2,1-2H3. The van der Waals surface area contributed by atoms with Crippen LogP contribution in [0.3, 0.4) is 0 Å². The second-order valence-electron chi connectivity index (χ2n) is 6.01. The third kappa shape index (κ3) is 3.34. The molecule has 0 bridgehead atoms. The van der Waals surface area contributed by atoms with Gasteiger partial charge in [0.1, 0.15) is 12.2 Å². The van der Waals surface area contributed by atoms with E-state index in [4.69, 9.17) is 0 Å². The van der Waals surface area contributed by atoms with Gasteiger partial charge in [0.2, 0.25) is 5.91 Å². The maximum atomic E-state index is 12.4. The molecule has 0 saturated heterocycles. The van der Waals surface area contributed by atoms with Crippen LogP contribution in [0.1, 0.15) is 29.9 Å². The molecule has 2 aromatic heterocycles. The number of hydrogen-bond acceptors (Lipinski definition) is 6. The predicted octanol–water partition coefficient (Wildman–Crippen LogP) is -0.517. The average Bonchev–Trinajstić information content (AvgIpc) is 2.99. The normalized spacial score (nSPS) is 14.3. The van der Waals surface area contributed by atoms with Crippen LogP contribution in [0.2, 0.25) is 0 Å². The van der Waals surface area contributed by atoms with E-state index in [0.717, 1.165) is 11.3 Å². The first kappa shape index (κ1) is 16.3. The number of amides is 1. The highest BCUT2D eigenvalue weighted by Gasteiger charge is 2.22. The number of carbonyl (C=O) groups is 1. The van der Waals surface area contributed by atoms with Crippen LogP contribution in [-0.2, 0) is 31.2 Å². The summed E-state index contributed by atoms with van der Waals surface area (Å²) in [7, 11) is 1.73. The number of fused-ring (bicyclic) bond motifs is 1. The van der Waals surface area contributed by atoms with Gasteiger partial charge in [0, 0.05) is 45.1 Å². The molecule has 1 amide bonds. The van der Waals surface area contributed by atoms with E-state index in [1.54, 1.807) is 16.3 Å². The summed E-state index contributed by atoms with van der Waals surface area (Å²) in [6, 6.07) is 0. The smallest absolute Gasteiger partial charge is 0.256 e. The molecule has 0 unspecified atom stereocenters. The number of aromatic nitrogens is 6. The van der Waals surface area contributed by atoms with Gasteiger partial charge in [0.25, 0.3) is 5.56 Å². The molecule has 1 aliphatic rings. The number of carbonyl (C=O) groups excluding carboxylic acids is 1. The molecule has 0 spiro atoms. The molecule has 0 fully saturated rings. The van der Waals surface area contributed by atoms with Crippen molar-refractivity contribution in [3.05, 3.63) is 33.8 Å². The Morgan fingerprint density at radius 2 is 2.08 bits per heavy atom. The third-order valence-electron chi connectivity index (χ3n) is 4.47. The Morgan fingerprint density at radius 3 is 2.83 bits per heavy atom. The fourth-order valence-electron chi connectivity index (χ4n) is 2.95. The van der Waals surface area contributed by atoms with Gasteiger partial charge < -0.3 is 4.90 Å². The summed E-state index contributed by atoms with van der Waals surface area (Å²) in [6.07, 6.45) is 3.86. The van der Waals surface area contributed by atoms with Gasteiger partial charge in [0.15, 0.2) is 0 Å².